The number of benzene rings is 2. The van der Waals surface area contributed by atoms with Crippen molar-refractivity contribution in [2.24, 2.45) is 0 Å². The fourth-order valence-corrected chi connectivity index (χ4v) is 3.11. The van der Waals surface area contributed by atoms with Gasteiger partial charge in [0.2, 0.25) is 0 Å². The number of rotatable bonds is 5. The summed E-state index contributed by atoms with van der Waals surface area (Å²) in [7, 11) is 0. The van der Waals surface area contributed by atoms with E-state index in [9.17, 15) is 0 Å². The maximum Gasteiger partial charge on any atom is 0.0894 e. The van der Waals surface area contributed by atoms with E-state index in [0.717, 1.165) is 18.8 Å². The third kappa shape index (κ3) is 2.76. The number of nitrogens with zero attached hydrogens (tertiary/aromatic N) is 2. The minimum atomic E-state index is 0.741. The standard InChI is InChI=1S/C17H19N3S/c1-3-20-16-10-6-4-8-13(16)15(19-20)12-18-14-9-5-7-11-17(14)21-2/h4-11,18H,3,12H2,1-2H3. The van der Waals surface area contributed by atoms with E-state index in [1.807, 2.05) is 0 Å². The fourth-order valence-electron chi connectivity index (χ4n) is 2.54. The van der Waals surface area contributed by atoms with Crippen LogP contribution in [-0.2, 0) is 13.1 Å². The molecule has 0 amide bonds. The zero-order valence-corrected chi connectivity index (χ0v) is 13.2. The number of hydrogen-bond donors (Lipinski definition) is 1. The van der Waals surface area contributed by atoms with Crippen molar-refractivity contribution in [1.29, 1.82) is 0 Å². The molecule has 0 radical (unpaired) electrons. The van der Waals surface area contributed by atoms with Crippen LogP contribution in [0.25, 0.3) is 10.9 Å². The van der Waals surface area contributed by atoms with Crippen LogP contribution in [0.3, 0.4) is 0 Å². The highest BCUT2D eigenvalue weighted by molar-refractivity contribution is 7.98. The molecule has 0 aliphatic carbocycles. The molecule has 1 heterocycles. The highest BCUT2D eigenvalue weighted by Crippen LogP contribution is 2.26. The van der Waals surface area contributed by atoms with Gasteiger partial charge in [0.15, 0.2) is 0 Å². The Labute approximate surface area is 129 Å². The lowest BCUT2D eigenvalue weighted by molar-refractivity contribution is 0.671. The van der Waals surface area contributed by atoms with Crippen molar-refractivity contribution in [3.63, 3.8) is 0 Å². The monoisotopic (exact) mass is 297 g/mol. The van der Waals surface area contributed by atoms with Crippen molar-refractivity contribution in [2.45, 2.75) is 24.9 Å². The average molecular weight is 297 g/mol. The Bertz CT molecular complexity index is 749. The molecule has 0 fully saturated rings. The number of hydrogen-bond acceptors (Lipinski definition) is 3. The number of nitrogens with one attached hydrogen (secondary N) is 1. The first-order valence-electron chi connectivity index (χ1n) is 7.14. The normalized spacial score (nSPS) is 11.0. The van der Waals surface area contributed by atoms with Crippen molar-refractivity contribution < 1.29 is 0 Å². The van der Waals surface area contributed by atoms with Crippen LogP contribution in [-0.4, -0.2) is 16.0 Å². The van der Waals surface area contributed by atoms with Gasteiger partial charge >= 0.3 is 0 Å². The van der Waals surface area contributed by atoms with Gasteiger partial charge in [0.25, 0.3) is 0 Å². The van der Waals surface area contributed by atoms with Gasteiger partial charge in [-0.25, -0.2) is 0 Å². The topological polar surface area (TPSA) is 29.9 Å². The summed E-state index contributed by atoms with van der Waals surface area (Å²) >= 11 is 1.76. The first-order valence-corrected chi connectivity index (χ1v) is 8.37. The van der Waals surface area contributed by atoms with Gasteiger partial charge in [-0.3, -0.25) is 4.68 Å². The molecule has 21 heavy (non-hydrogen) atoms. The van der Waals surface area contributed by atoms with Gasteiger partial charge in [0, 0.05) is 22.5 Å². The van der Waals surface area contributed by atoms with Crippen LogP contribution >= 0.6 is 11.8 Å². The van der Waals surface area contributed by atoms with E-state index >= 15 is 0 Å². The molecule has 3 aromatic rings. The van der Waals surface area contributed by atoms with Gasteiger partial charge in [0.05, 0.1) is 17.8 Å². The predicted molar refractivity (Wildman–Crippen MR) is 91.0 cm³/mol. The first kappa shape index (κ1) is 14.0. The number of aryl methyl sites for hydroxylation is 1. The number of para-hydroxylation sites is 2. The predicted octanol–water partition coefficient (Wildman–Crippen LogP) is 4.39. The Morgan fingerprint density at radius 3 is 2.67 bits per heavy atom. The Morgan fingerprint density at radius 2 is 1.86 bits per heavy atom. The SMILES string of the molecule is CCn1nc(CNc2ccccc2SC)c2ccccc21. The minimum absolute atomic E-state index is 0.741. The zero-order valence-electron chi connectivity index (χ0n) is 12.3. The van der Waals surface area contributed by atoms with Crippen LogP contribution in [0.1, 0.15) is 12.6 Å². The van der Waals surface area contributed by atoms with E-state index in [4.69, 9.17) is 5.10 Å². The molecular weight excluding hydrogens is 278 g/mol. The maximum absolute atomic E-state index is 4.73. The third-order valence-electron chi connectivity index (χ3n) is 3.59. The minimum Gasteiger partial charge on any atom is -0.378 e. The van der Waals surface area contributed by atoms with E-state index in [-0.39, 0.29) is 0 Å². The molecule has 0 saturated heterocycles. The molecular formula is C17H19N3S. The molecule has 0 aliphatic rings. The summed E-state index contributed by atoms with van der Waals surface area (Å²) in [5.74, 6) is 0. The van der Waals surface area contributed by atoms with Gasteiger partial charge in [-0.1, -0.05) is 30.3 Å². The van der Waals surface area contributed by atoms with Crippen LogP contribution in [0.4, 0.5) is 5.69 Å². The molecule has 3 rings (SSSR count). The second kappa shape index (κ2) is 6.22. The number of thioether (sulfide) groups is 1. The van der Waals surface area contributed by atoms with E-state index < -0.39 is 0 Å². The second-order valence-corrected chi connectivity index (χ2v) is 5.68. The maximum atomic E-state index is 4.73. The highest BCUT2D eigenvalue weighted by atomic mass is 32.2. The molecule has 0 saturated carbocycles. The second-order valence-electron chi connectivity index (χ2n) is 4.83. The summed E-state index contributed by atoms with van der Waals surface area (Å²) in [6, 6.07) is 16.8. The lowest BCUT2D eigenvalue weighted by atomic mass is 10.2. The lowest BCUT2D eigenvalue weighted by Crippen LogP contribution is -2.03. The van der Waals surface area contributed by atoms with Crippen molar-refractivity contribution in [3.8, 4) is 0 Å². The quantitative estimate of drug-likeness (QED) is 0.708. The third-order valence-corrected chi connectivity index (χ3v) is 4.38. The molecule has 2 aromatic carbocycles. The summed E-state index contributed by atoms with van der Waals surface area (Å²) in [4.78, 5) is 1.26. The van der Waals surface area contributed by atoms with Gasteiger partial charge in [-0.2, -0.15) is 5.10 Å². The smallest absolute Gasteiger partial charge is 0.0894 e. The molecule has 1 N–H and O–H groups in total. The van der Waals surface area contributed by atoms with Gasteiger partial charge < -0.3 is 5.32 Å². The molecule has 3 nitrogen and oxygen atoms in total. The van der Waals surface area contributed by atoms with Crippen molar-refractivity contribution in [1.82, 2.24) is 9.78 Å². The van der Waals surface area contributed by atoms with E-state index in [1.54, 1.807) is 11.8 Å². The molecule has 0 spiro atoms. The summed E-state index contributed by atoms with van der Waals surface area (Å²) in [6.45, 7) is 3.76. The zero-order chi connectivity index (χ0) is 14.7. The number of fused-ring (bicyclic) bond motifs is 1. The van der Waals surface area contributed by atoms with Crippen LogP contribution < -0.4 is 5.32 Å². The van der Waals surface area contributed by atoms with E-state index in [2.05, 4.69) is 71.7 Å². The van der Waals surface area contributed by atoms with Gasteiger partial charge in [0.1, 0.15) is 0 Å². The van der Waals surface area contributed by atoms with Crippen LogP contribution in [0.15, 0.2) is 53.4 Å². The van der Waals surface area contributed by atoms with Crippen LogP contribution in [0.5, 0.6) is 0 Å². The van der Waals surface area contributed by atoms with Crippen LogP contribution in [0, 0.1) is 0 Å². The fraction of sp³-hybridized carbons (Fsp3) is 0.235. The average Bonchev–Trinajstić information content (AvgIpc) is 2.91. The van der Waals surface area contributed by atoms with Gasteiger partial charge in [-0.05, 0) is 31.4 Å². The summed E-state index contributed by atoms with van der Waals surface area (Å²) in [5, 5.41) is 9.47. The Balaban J connectivity index is 1.88. The molecule has 0 bridgehead atoms. The number of aromatic nitrogens is 2. The summed E-state index contributed by atoms with van der Waals surface area (Å²) < 4.78 is 2.06. The van der Waals surface area contributed by atoms with Gasteiger partial charge in [-0.15, -0.1) is 11.8 Å². The van der Waals surface area contributed by atoms with E-state index in [0.29, 0.717) is 0 Å². The Morgan fingerprint density at radius 1 is 1.10 bits per heavy atom. The molecule has 0 aliphatic heterocycles. The van der Waals surface area contributed by atoms with Crippen molar-refractivity contribution in [3.05, 3.63) is 54.2 Å². The highest BCUT2D eigenvalue weighted by Gasteiger charge is 2.09. The first-order chi connectivity index (χ1) is 10.3. The summed E-state index contributed by atoms with van der Waals surface area (Å²) in [6.07, 6.45) is 2.10. The molecule has 1 aromatic heterocycles. The van der Waals surface area contributed by atoms with Crippen molar-refractivity contribution >= 4 is 28.4 Å². The Hall–Kier alpha value is -1.94. The number of anilines is 1. The molecule has 4 heteroatoms. The van der Waals surface area contributed by atoms with Crippen molar-refractivity contribution in [2.75, 3.05) is 11.6 Å². The van der Waals surface area contributed by atoms with E-state index in [1.165, 1.54) is 21.5 Å². The summed E-state index contributed by atoms with van der Waals surface area (Å²) in [5.41, 5.74) is 3.47. The lowest BCUT2D eigenvalue weighted by Gasteiger charge is -2.09. The molecule has 0 unspecified atom stereocenters. The molecule has 108 valence electrons. The van der Waals surface area contributed by atoms with Crippen LogP contribution in [0.2, 0.25) is 0 Å². The molecule has 0 atom stereocenters. The largest absolute Gasteiger partial charge is 0.378 e. The Kier molecular flexibility index (Phi) is 4.15.